The molecule has 0 aromatic rings. The lowest BCUT2D eigenvalue weighted by molar-refractivity contribution is -0.118. The van der Waals surface area contributed by atoms with E-state index in [2.05, 4.69) is 20.9 Å². The molecule has 1 amide bonds. The number of hydrogen-bond acceptors (Lipinski definition) is 3. The van der Waals surface area contributed by atoms with Gasteiger partial charge in [0, 0.05) is 20.0 Å². The molecule has 2 aliphatic heterocycles. The van der Waals surface area contributed by atoms with Gasteiger partial charge in [-0.3, -0.25) is 9.79 Å². The summed E-state index contributed by atoms with van der Waals surface area (Å²) in [6.45, 7) is 5.53. The average molecular weight is 268 g/mol. The predicted octanol–water partition coefficient (Wildman–Crippen LogP) is -0.00250. The summed E-state index contributed by atoms with van der Waals surface area (Å²) in [6, 6.07) is 0.373. The highest BCUT2D eigenvalue weighted by Crippen LogP contribution is 2.34. The Morgan fingerprint density at radius 1 is 1.37 bits per heavy atom. The fourth-order valence-electron chi connectivity index (χ4n) is 2.69. The van der Waals surface area contributed by atoms with Gasteiger partial charge in [0.15, 0.2) is 5.96 Å². The molecule has 2 fully saturated rings. The van der Waals surface area contributed by atoms with E-state index < -0.39 is 0 Å². The molecule has 2 bridgehead atoms. The molecule has 3 N–H and O–H groups in total. The number of carbonyl (C=O) groups is 1. The van der Waals surface area contributed by atoms with Crippen molar-refractivity contribution in [3.63, 3.8) is 0 Å². The Hall–Kier alpha value is -1.30. The molecular formula is C13H24N4O2. The van der Waals surface area contributed by atoms with Gasteiger partial charge in [0.2, 0.25) is 5.91 Å². The lowest BCUT2D eigenvalue weighted by atomic mass is 9.96. The third-order valence-electron chi connectivity index (χ3n) is 3.53. The van der Waals surface area contributed by atoms with Crippen LogP contribution in [0.2, 0.25) is 0 Å². The van der Waals surface area contributed by atoms with E-state index in [1.54, 1.807) is 0 Å². The molecular weight excluding hydrogens is 244 g/mol. The van der Waals surface area contributed by atoms with Crippen LogP contribution in [0.25, 0.3) is 0 Å². The number of nitrogens with zero attached hydrogens (tertiary/aromatic N) is 1. The predicted molar refractivity (Wildman–Crippen MR) is 74.1 cm³/mol. The van der Waals surface area contributed by atoms with Crippen LogP contribution in [0, 0.1) is 0 Å². The van der Waals surface area contributed by atoms with E-state index >= 15 is 0 Å². The van der Waals surface area contributed by atoms with Crippen LogP contribution in [0.3, 0.4) is 0 Å². The number of guanidine groups is 1. The lowest BCUT2D eigenvalue weighted by Crippen LogP contribution is -2.47. The number of amides is 1. The van der Waals surface area contributed by atoms with E-state index in [1.807, 2.05) is 6.92 Å². The highest BCUT2D eigenvalue weighted by molar-refractivity contribution is 5.80. The molecule has 2 rings (SSSR count). The number of fused-ring (bicyclic) bond motifs is 2. The van der Waals surface area contributed by atoms with Crippen LogP contribution in [-0.4, -0.2) is 49.8 Å². The van der Waals surface area contributed by atoms with Crippen LogP contribution in [0.5, 0.6) is 0 Å². The van der Waals surface area contributed by atoms with E-state index in [0.717, 1.165) is 25.3 Å². The SMILES string of the molecule is CCNC(=NCCNC(C)=O)NC1CC2CCC1O2. The fraction of sp³-hybridized carbons (Fsp3) is 0.846. The van der Waals surface area contributed by atoms with Gasteiger partial charge < -0.3 is 20.7 Å². The second-order valence-electron chi connectivity index (χ2n) is 5.10. The molecule has 6 nitrogen and oxygen atoms in total. The van der Waals surface area contributed by atoms with Crippen molar-refractivity contribution in [1.29, 1.82) is 0 Å². The Morgan fingerprint density at radius 2 is 2.21 bits per heavy atom. The third kappa shape index (κ3) is 4.09. The maximum atomic E-state index is 10.8. The smallest absolute Gasteiger partial charge is 0.216 e. The average Bonchev–Trinajstić information content (AvgIpc) is 2.96. The zero-order chi connectivity index (χ0) is 13.7. The van der Waals surface area contributed by atoms with Crippen molar-refractivity contribution in [2.24, 2.45) is 4.99 Å². The topological polar surface area (TPSA) is 74.8 Å². The number of hydrogen-bond donors (Lipinski definition) is 3. The molecule has 0 aromatic carbocycles. The van der Waals surface area contributed by atoms with E-state index in [0.29, 0.717) is 31.3 Å². The van der Waals surface area contributed by atoms with E-state index in [4.69, 9.17) is 4.74 Å². The molecule has 3 unspecified atom stereocenters. The van der Waals surface area contributed by atoms with Gasteiger partial charge in [0.1, 0.15) is 0 Å². The molecule has 0 spiro atoms. The zero-order valence-corrected chi connectivity index (χ0v) is 11.7. The lowest BCUT2D eigenvalue weighted by Gasteiger charge is -2.22. The minimum absolute atomic E-state index is 0.0188. The quantitative estimate of drug-likeness (QED) is 0.373. The van der Waals surface area contributed by atoms with Crippen LogP contribution >= 0.6 is 0 Å². The summed E-state index contributed by atoms with van der Waals surface area (Å²) < 4.78 is 5.82. The first-order valence-electron chi connectivity index (χ1n) is 7.13. The summed E-state index contributed by atoms with van der Waals surface area (Å²) in [5.74, 6) is 0.795. The van der Waals surface area contributed by atoms with Crippen LogP contribution in [0.4, 0.5) is 0 Å². The van der Waals surface area contributed by atoms with Crippen LogP contribution in [-0.2, 0) is 9.53 Å². The molecule has 0 aliphatic carbocycles. The Kier molecular flexibility index (Phi) is 5.01. The molecule has 2 aliphatic rings. The van der Waals surface area contributed by atoms with Crippen LogP contribution in [0.1, 0.15) is 33.1 Å². The normalized spacial score (nSPS) is 29.4. The summed E-state index contributed by atoms with van der Waals surface area (Å²) in [6.07, 6.45) is 4.18. The number of carbonyl (C=O) groups excluding carboxylic acids is 1. The Balaban J connectivity index is 1.78. The summed E-state index contributed by atoms with van der Waals surface area (Å²) in [7, 11) is 0. The number of aliphatic imine (C=N–C) groups is 1. The highest BCUT2D eigenvalue weighted by Gasteiger charge is 2.41. The summed E-state index contributed by atoms with van der Waals surface area (Å²) in [4.78, 5) is 15.2. The second-order valence-corrected chi connectivity index (χ2v) is 5.10. The van der Waals surface area contributed by atoms with Crippen molar-refractivity contribution in [2.45, 2.75) is 51.4 Å². The monoisotopic (exact) mass is 268 g/mol. The van der Waals surface area contributed by atoms with Crippen molar-refractivity contribution in [1.82, 2.24) is 16.0 Å². The molecule has 6 heteroatoms. The highest BCUT2D eigenvalue weighted by atomic mass is 16.5. The standard InChI is InChI=1S/C13H24N4O2/c1-3-14-13(16-7-6-15-9(2)18)17-11-8-10-4-5-12(11)19-10/h10-12H,3-8H2,1-2H3,(H,15,18)(H2,14,16,17). The summed E-state index contributed by atoms with van der Waals surface area (Å²) in [5.41, 5.74) is 0. The van der Waals surface area contributed by atoms with Gasteiger partial charge in [0.25, 0.3) is 0 Å². The zero-order valence-electron chi connectivity index (χ0n) is 11.7. The van der Waals surface area contributed by atoms with Crippen molar-refractivity contribution in [2.75, 3.05) is 19.6 Å². The van der Waals surface area contributed by atoms with Crippen molar-refractivity contribution >= 4 is 11.9 Å². The van der Waals surface area contributed by atoms with E-state index in [9.17, 15) is 4.79 Å². The Labute approximate surface area is 114 Å². The van der Waals surface area contributed by atoms with Gasteiger partial charge in [-0.25, -0.2) is 0 Å². The van der Waals surface area contributed by atoms with E-state index in [1.165, 1.54) is 13.3 Å². The number of nitrogens with one attached hydrogen (secondary N) is 3. The summed E-state index contributed by atoms with van der Waals surface area (Å²) in [5, 5.41) is 9.40. The molecule has 2 heterocycles. The molecule has 2 saturated heterocycles. The van der Waals surface area contributed by atoms with Gasteiger partial charge in [0.05, 0.1) is 24.8 Å². The molecule has 0 saturated carbocycles. The minimum atomic E-state index is -0.0188. The van der Waals surface area contributed by atoms with Gasteiger partial charge >= 0.3 is 0 Å². The Bertz CT molecular complexity index is 346. The first-order valence-corrected chi connectivity index (χ1v) is 7.13. The molecule has 0 radical (unpaired) electrons. The van der Waals surface area contributed by atoms with Gasteiger partial charge in [-0.05, 0) is 26.2 Å². The number of ether oxygens (including phenoxy) is 1. The van der Waals surface area contributed by atoms with Crippen molar-refractivity contribution in [3.8, 4) is 0 Å². The molecule has 3 atom stereocenters. The first-order chi connectivity index (χ1) is 9.19. The molecule has 19 heavy (non-hydrogen) atoms. The van der Waals surface area contributed by atoms with Gasteiger partial charge in [-0.1, -0.05) is 0 Å². The third-order valence-corrected chi connectivity index (χ3v) is 3.53. The second kappa shape index (κ2) is 6.75. The van der Waals surface area contributed by atoms with Crippen LogP contribution < -0.4 is 16.0 Å². The van der Waals surface area contributed by atoms with Crippen LogP contribution in [0.15, 0.2) is 4.99 Å². The maximum absolute atomic E-state index is 10.8. The number of rotatable bonds is 5. The molecule has 108 valence electrons. The van der Waals surface area contributed by atoms with Crippen molar-refractivity contribution < 1.29 is 9.53 Å². The van der Waals surface area contributed by atoms with Gasteiger partial charge in [-0.15, -0.1) is 0 Å². The van der Waals surface area contributed by atoms with Crippen molar-refractivity contribution in [3.05, 3.63) is 0 Å². The minimum Gasteiger partial charge on any atom is -0.373 e. The molecule has 0 aromatic heterocycles. The maximum Gasteiger partial charge on any atom is 0.216 e. The summed E-state index contributed by atoms with van der Waals surface area (Å²) >= 11 is 0. The largest absolute Gasteiger partial charge is 0.373 e. The fourth-order valence-corrected chi connectivity index (χ4v) is 2.69. The Morgan fingerprint density at radius 3 is 2.79 bits per heavy atom. The van der Waals surface area contributed by atoms with Gasteiger partial charge in [-0.2, -0.15) is 0 Å². The first kappa shape index (κ1) is 14.1. The van der Waals surface area contributed by atoms with E-state index in [-0.39, 0.29) is 5.91 Å².